The largest absolute Gasteiger partial charge is 0.497 e. The lowest BCUT2D eigenvalue weighted by molar-refractivity contribution is -0.192. The van der Waals surface area contributed by atoms with Crippen LogP contribution < -0.4 is 10.1 Å². The fourth-order valence-electron chi connectivity index (χ4n) is 6.09. The number of hydrogen-bond donors (Lipinski definition) is 3. The fraction of sp³-hybridized carbons (Fsp3) is 0.281. The van der Waals surface area contributed by atoms with Crippen LogP contribution in [0.3, 0.4) is 0 Å². The van der Waals surface area contributed by atoms with Crippen molar-refractivity contribution in [1.82, 2.24) is 15.1 Å². The number of rotatable bonds is 5. The molecule has 3 heterocycles. The highest BCUT2D eigenvalue weighted by atomic mass is 19.4. The standard InChI is InChI=1S/C30H28N4O2.C2HF3O2/c1-3-34-16-20-6-4-18(12-21(20)17-34)5-10-26-23-9-7-19(13-28(23)33-32-26)25-15-30(25)24-14-22(36-2)8-11-27(24)31-29(30)35;3-2(4,5)1(6)7/h4-14,25H,3,15-17H2,1-2H3,(H,31,35)(H,32,33);(H,6,7)/b10-5+;. The van der Waals surface area contributed by atoms with Crippen LogP contribution in [0, 0.1) is 0 Å². The Hall–Kier alpha value is -4.64. The van der Waals surface area contributed by atoms with Crippen LogP contribution in [0.2, 0.25) is 0 Å². The number of anilines is 1. The fourth-order valence-corrected chi connectivity index (χ4v) is 6.09. The molecule has 0 radical (unpaired) electrons. The molecule has 1 amide bonds. The Labute approximate surface area is 245 Å². The lowest BCUT2D eigenvalue weighted by atomic mass is 9.91. The van der Waals surface area contributed by atoms with Crippen molar-refractivity contribution < 1.29 is 32.6 Å². The first-order valence-corrected chi connectivity index (χ1v) is 13.8. The van der Waals surface area contributed by atoms with Crippen LogP contribution in [0.5, 0.6) is 5.75 Å². The summed E-state index contributed by atoms with van der Waals surface area (Å²) in [5, 5.41) is 19.1. The maximum absolute atomic E-state index is 13.0. The van der Waals surface area contributed by atoms with Gasteiger partial charge >= 0.3 is 12.1 Å². The number of carbonyl (C=O) groups excluding carboxylic acids is 1. The smallest absolute Gasteiger partial charge is 0.490 e. The lowest BCUT2D eigenvalue weighted by Crippen LogP contribution is -2.21. The minimum atomic E-state index is -5.08. The van der Waals surface area contributed by atoms with Crippen LogP contribution in [-0.2, 0) is 28.1 Å². The maximum atomic E-state index is 13.0. The van der Waals surface area contributed by atoms with Crippen LogP contribution >= 0.6 is 0 Å². The number of carboxylic acids is 1. The Morgan fingerprint density at radius 3 is 2.60 bits per heavy atom. The monoisotopic (exact) mass is 590 g/mol. The van der Waals surface area contributed by atoms with Gasteiger partial charge in [-0.2, -0.15) is 18.3 Å². The van der Waals surface area contributed by atoms with E-state index in [1.165, 1.54) is 16.7 Å². The number of carbonyl (C=O) groups is 2. The van der Waals surface area contributed by atoms with Crippen molar-refractivity contribution in [3.05, 3.63) is 88.1 Å². The molecule has 3 aliphatic rings. The van der Waals surface area contributed by atoms with Crippen LogP contribution in [-0.4, -0.2) is 51.9 Å². The zero-order chi connectivity index (χ0) is 30.5. The van der Waals surface area contributed by atoms with Gasteiger partial charge in [0.2, 0.25) is 5.91 Å². The van der Waals surface area contributed by atoms with Gasteiger partial charge < -0.3 is 15.2 Å². The van der Waals surface area contributed by atoms with Crippen molar-refractivity contribution >= 4 is 40.6 Å². The zero-order valence-electron chi connectivity index (χ0n) is 23.5. The number of fused-ring (bicyclic) bond motifs is 4. The molecular formula is C32H29F3N4O4. The van der Waals surface area contributed by atoms with Crippen molar-refractivity contribution in [2.24, 2.45) is 0 Å². The molecule has 2 aliphatic heterocycles. The van der Waals surface area contributed by atoms with E-state index < -0.39 is 17.6 Å². The summed E-state index contributed by atoms with van der Waals surface area (Å²) in [6.45, 7) is 5.36. The number of hydrogen-bond acceptors (Lipinski definition) is 5. The quantitative estimate of drug-likeness (QED) is 0.260. The van der Waals surface area contributed by atoms with Crippen LogP contribution in [0.25, 0.3) is 23.1 Å². The predicted octanol–water partition coefficient (Wildman–Crippen LogP) is 6.09. The minimum Gasteiger partial charge on any atom is -0.497 e. The average molecular weight is 591 g/mol. The number of methoxy groups -OCH3 is 1. The molecule has 2 unspecified atom stereocenters. The van der Waals surface area contributed by atoms with Gasteiger partial charge in [0, 0.05) is 30.1 Å². The SMILES string of the molecule is CCN1Cc2ccc(/C=C/c3n[nH]c4cc(C5CC56C(=O)Nc5ccc(OC)cc56)ccc34)cc2C1.O=C(O)C(F)(F)F. The van der Waals surface area contributed by atoms with E-state index in [1.807, 2.05) is 18.2 Å². The molecule has 11 heteroatoms. The molecule has 1 spiro atoms. The first kappa shape index (κ1) is 28.5. The molecule has 43 heavy (non-hydrogen) atoms. The van der Waals surface area contributed by atoms with Crippen LogP contribution in [0.15, 0.2) is 54.6 Å². The summed E-state index contributed by atoms with van der Waals surface area (Å²) in [5.41, 5.74) is 8.56. The third kappa shape index (κ3) is 5.14. The molecule has 3 N–H and O–H groups in total. The van der Waals surface area contributed by atoms with Gasteiger partial charge in [0.25, 0.3) is 0 Å². The number of amides is 1. The molecule has 0 bridgehead atoms. The highest BCUT2D eigenvalue weighted by molar-refractivity contribution is 6.10. The second-order valence-corrected chi connectivity index (χ2v) is 11.0. The molecule has 4 aromatic rings. The topological polar surface area (TPSA) is 108 Å². The van der Waals surface area contributed by atoms with E-state index >= 15 is 0 Å². The van der Waals surface area contributed by atoms with E-state index in [0.717, 1.165) is 65.2 Å². The van der Waals surface area contributed by atoms with Gasteiger partial charge in [-0.1, -0.05) is 43.3 Å². The van der Waals surface area contributed by atoms with Gasteiger partial charge in [-0.25, -0.2) is 4.79 Å². The number of halogens is 3. The van der Waals surface area contributed by atoms with Gasteiger partial charge in [-0.3, -0.25) is 14.8 Å². The minimum absolute atomic E-state index is 0.0838. The van der Waals surface area contributed by atoms with E-state index in [2.05, 4.69) is 75.9 Å². The van der Waals surface area contributed by atoms with Crippen molar-refractivity contribution in [1.29, 1.82) is 0 Å². The van der Waals surface area contributed by atoms with Crippen LogP contribution in [0.4, 0.5) is 18.9 Å². The summed E-state index contributed by atoms with van der Waals surface area (Å²) in [5.74, 6) is -1.75. The number of aromatic nitrogens is 2. The normalized spacial score (nSPS) is 20.6. The third-order valence-electron chi connectivity index (χ3n) is 8.48. The van der Waals surface area contributed by atoms with Crippen molar-refractivity contribution in [3.63, 3.8) is 0 Å². The molecule has 2 atom stereocenters. The number of H-pyrrole nitrogens is 1. The molecule has 0 saturated heterocycles. The Morgan fingerprint density at radius 1 is 1.12 bits per heavy atom. The van der Waals surface area contributed by atoms with Crippen LogP contribution in [0.1, 0.15) is 52.8 Å². The van der Waals surface area contributed by atoms with E-state index in [4.69, 9.17) is 14.6 Å². The number of benzene rings is 3. The Morgan fingerprint density at radius 2 is 1.88 bits per heavy atom. The van der Waals surface area contributed by atoms with Crippen molar-refractivity contribution in [2.75, 3.05) is 19.0 Å². The second-order valence-electron chi connectivity index (χ2n) is 11.0. The van der Waals surface area contributed by atoms with Crippen molar-refractivity contribution in [2.45, 2.75) is 43.9 Å². The third-order valence-corrected chi connectivity index (χ3v) is 8.48. The Balaban J connectivity index is 0.000000423. The summed E-state index contributed by atoms with van der Waals surface area (Å²) in [7, 11) is 1.66. The summed E-state index contributed by atoms with van der Waals surface area (Å²) in [4.78, 5) is 24.4. The zero-order valence-corrected chi connectivity index (χ0v) is 23.5. The molecule has 222 valence electrons. The molecule has 8 nitrogen and oxygen atoms in total. The summed E-state index contributed by atoms with van der Waals surface area (Å²) in [6.07, 6.45) is -0.0565. The summed E-state index contributed by atoms with van der Waals surface area (Å²) < 4.78 is 37.2. The Bertz CT molecular complexity index is 1780. The molecular weight excluding hydrogens is 561 g/mol. The highest BCUT2D eigenvalue weighted by Gasteiger charge is 2.65. The number of alkyl halides is 3. The van der Waals surface area contributed by atoms with Gasteiger partial charge in [0.15, 0.2) is 0 Å². The highest BCUT2D eigenvalue weighted by Crippen LogP contribution is 2.65. The number of aromatic amines is 1. The number of nitrogens with zero attached hydrogens (tertiary/aromatic N) is 2. The molecule has 1 aromatic heterocycles. The van der Waals surface area contributed by atoms with E-state index in [0.29, 0.717) is 0 Å². The van der Waals surface area contributed by atoms with Gasteiger partial charge in [-0.05, 0) is 71.1 Å². The molecule has 3 aromatic carbocycles. The maximum Gasteiger partial charge on any atom is 0.490 e. The van der Waals surface area contributed by atoms with Gasteiger partial charge in [-0.15, -0.1) is 0 Å². The summed E-state index contributed by atoms with van der Waals surface area (Å²) in [6, 6.07) is 19.0. The van der Waals surface area contributed by atoms with Gasteiger partial charge in [0.1, 0.15) is 5.75 Å². The summed E-state index contributed by atoms with van der Waals surface area (Å²) >= 11 is 0. The second kappa shape index (κ2) is 10.6. The average Bonchev–Trinajstić information content (AvgIpc) is 3.25. The Kier molecular flexibility index (Phi) is 7.00. The molecule has 1 aliphatic carbocycles. The molecule has 7 rings (SSSR count). The van der Waals surface area contributed by atoms with E-state index in [1.54, 1.807) is 7.11 Å². The van der Waals surface area contributed by atoms with Gasteiger partial charge in [0.05, 0.1) is 23.7 Å². The first-order valence-electron chi connectivity index (χ1n) is 13.8. The number of aliphatic carboxylic acids is 1. The number of carboxylic acid groups (broad SMARTS) is 1. The first-order chi connectivity index (χ1) is 20.5. The lowest BCUT2D eigenvalue weighted by Gasteiger charge is -2.10. The number of nitrogens with one attached hydrogen (secondary N) is 2. The molecule has 1 saturated carbocycles. The predicted molar refractivity (Wildman–Crippen MR) is 156 cm³/mol. The molecule has 1 fully saturated rings. The number of ether oxygens (including phenoxy) is 1. The van der Waals surface area contributed by atoms with E-state index in [-0.39, 0.29) is 11.8 Å². The van der Waals surface area contributed by atoms with E-state index in [9.17, 15) is 18.0 Å². The van der Waals surface area contributed by atoms with Crippen molar-refractivity contribution in [3.8, 4) is 5.75 Å².